The van der Waals surface area contributed by atoms with Gasteiger partial charge in [-0.25, -0.2) is 13.2 Å². The van der Waals surface area contributed by atoms with Crippen molar-refractivity contribution in [3.05, 3.63) is 81.8 Å². The van der Waals surface area contributed by atoms with Gasteiger partial charge in [0.15, 0.2) is 18.1 Å². The van der Waals surface area contributed by atoms with Crippen molar-refractivity contribution in [1.29, 1.82) is 0 Å². The van der Waals surface area contributed by atoms with Crippen molar-refractivity contribution in [2.45, 2.75) is 49.1 Å². The second-order valence-corrected chi connectivity index (χ2v) is 12.7. The summed E-state index contributed by atoms with van der Waals surface area (Å²) in [6, 6.07) is 15.3. The first-order valence-electron chi connectivity index (χ1n) is 13.9. The number of methoxy groups -OCH3 is 2. The number of hydrogen-bond acceptors (Lipinski definition) is 8. The molecule has 1 aliphatic rings. The summed E-state index contributed by atoms with van der Waals surface area (Å²) in [6.45, 7) is -0.430. The van der Waals surface area contributed by atoms with E-state index in [9.17, 15) is 18.0 Å². The Balaban J connectivity index is 1.62. The number of aliphatic carboxylic acids is 1. The number of sulfonamides is 1. The van der Waals surface area contributed by atoms with Crippen LogP contribution < -0.4 is 14.2 Å². The zero-order chi connectivity index (χ0) is 31.9. The maximum Gasteiger partial charge on any atom is 0.341 e. The lowest BCUT2D eigenvalue weighted by atomic mass is 10.00. The largest absolute Gasteiger partial charge is 0.493 e. The summed E-state index contributed by atoms with van der Waals surface area (Å²) in [5, 5.41) is 9.00. The molecule has 1 aliphatic heterocycles. The fourth-order valence-corrected chi connectivity index (χ4v) is 7.42. The van der Waals surface area contributed by atoms with Crippen LogP contribution in [0, 0.1) is 0 Å². The molecule has 0 amide bonds. The van der Waals surface area contributed by atoms with Gasteiger partial charge in [0, 0.05) is 6.54 Å². The highest BCUT2D eigenvalue weighted by molar-refractivity contribution is 7.89. The van der Waals surface area contributed by atoms with Crippen LogP contribution in [0.1, 0.15) is 42.9 Å². The van der Waals surface area contributed by atoms with Crippen LogP contribution in [0.4, 0.5) is 0 Å². The van der Waals surface area contributed by atoms with Gasteiger partial charge in [0.25, 0.3) is 0 Å². The maximum atomic E-state index is 13.8. The highest BCUT2D eigenvalue weighted by atomic mass is 35.5. The van der Waals surface area contributed by atoms with E-state index in [4.69, 9.17) is 47.3 Å². The topological polar surface area (TPSA) is 129 Å². The Kier molecular flexibility index (Phi) is 11.4. The summed E-state index contributed by atoms with van der Waals surface area (Å²) in [6.07, 6.45) is 1.43. The number of hydrogen-bond donors (Lipinski definition) is 1. The van der Waals surface area contributed by atoms with Crippen molar-refractivity contribution in [3.63, 3.8) is 0 Å². The van der Waals surface area contributed by atoms with Gasteiger partial charge in [0.2, 0.25) is 10.0 Å². The highest BCUT2D eigenvalue weighted by Crippen LogP contribution is 2.36. The molecule has 2 atom stereocenters. The first kappa shape index (κ1) is 33.4. The smallest absolute Gasteiger partial charge is 0.341 e. The van der Waals surface area contributed by atoms with Gasteiger partial charge in [-0.3, -0.25) is 4.79 Å². The molecule has 1 saturated heterocycles. The van der Waals surface area contributed by atoms with Gasteiger partial charge in [0.05, 0.1) is 24.3 Å². The van der Waals surface area contributed by atoms with E-state index in [1.807, 2.05) is 12.1 Å². The molecule has 4 rings (SSSR count). The van der Waals surface area contributed by atoms with E-state index in [0.29, 0.717) is 42.7 Å². The average Bonchev–Trinajstić information content (AvgIpc) is 3.03. The SMILES string of the molecule is COc1ccc(CC[C@@H](OC(=O)C2CCCCN2S(=O)(=O)c2cccc(Cl)c2Cl)c2cccc(OCC(=O)O)c2)cc1OC. The van der Waals surface area contributed by atoms with Gasteiger partial charge in [-0.15, -0.1) is 0 Å². The van der Waals surface area contributed by atoms with Crippen LogP contribution in [-0.4, -0.2) is 63.2 Å². The minimum Gasteiger partial charge on any atom is -0.493 e. The number of carboxylic acid groups (broad SMARTS) is 1. The number of piperidine rings is 1. The number of halogens is 2. The van der Waals surface area contributed by atoms with Crippen molar-refractivity contribution < 1.29 is 42.1 Å². The average molecular weight is 667 g/mol. The summed E-state index contributed by atoms with van der Waals surface area (Å²) >= 11 is 12.4. The van der Waals surface area contributed by atoms with E-state index in [1.54, 1.807) is 37.4 Å². The van der Waals surface area contributed by atoms with E-state index in [-0.39, 0.29) is 33.7 Å². The predicted molar refractivity (Wildman–Crippen MR) is 164 cm³/mol. The number of carbonyl (C=O) groups excluding carboxylic acids is 1. The van der Waals surface area contributed by atoms with Crippen LogP contribution in [0.5, 0.6) is 17.2 Å². The molecule has 1 heterocycles. The number of rotatable bonds is 13. The van der Waals surface area contributed by atoms with Crippen LogP contribution in [0.15, 0.2) is 65.6 Å². The first-order chi connectivity index (χ1) is 21.0. The molecule has 44 heavy (non-hydrogen) atoms. The molecule has 13 heteroatoms. The summed E-state index contributed by atoms with van der Waals surface area (Å²) in [4.78, 5) is 24.6. The standard InChI is InChI=1S/C31H33Cl2NO9S/c1-40-26-15-13-20(17-27(26)41-2)12-14-25(21-7-5-8-22(18-21)42-19-29(35)36)43-31(37)24-10-3-4-16-34(24)44(38,39)28-11-6-9-23(32)30(28)33/h5-9,11,13,15,17-18,24-25H,3-4,10,12,14,16,19H2,1-2H3,(H,35,36)/t24?,25-/m1/s1. The van der Waals surface area contributed by atoms with Gasteiger partial charge in [-0.2, -0.15) is 4.31 Å². The number of carbonyl (C=O) groups is 2. The number of ether oxygens (including phenoxy) is 4. The number of carboxylic acids is 1. The van der Waals surface area contributed by atoms with Crippen LogP contribution in [0.25, 0.3) is 0 Å². The second kappa shape index (κ2) is 15.0. The Morgan fingerprint density at radius 2 is 1.75 bits per heavy atom. The summed E-state index contributed by atoms with van der Waals surface area (Å²) in [7, 11) is -1.11. The molecule has 10 nitrogen and oxygen atoms in total. The molecule has 1 N–H and O–H groups in total. The summed E-state index contributed by atoms with van der Waals surface area (Å²) in [5.74, 6) is -0.438. The molecule has 0 radical (unpaired) electrons. The Hall–Kier alpha value is -3.51. The number of esters is 1. The third-order valence-corrected chi connectivity index (χ3v) is 10.1. The Morgan fingerprint density at radius 1 is 1.00 bits per heavy atom. The quantitative estimate of drug-likeness (QED) is 0.221. The molecular weight excluding hydrogens is 633 g/mol. The molecule has 236 valence electrons. The van der Waals surface area contributed by atoms with E-state index >= 15 is 0 Å². The van der Waals surface area contributed by atoms with Crippen LogP contribution in [0.3, 0.4) is 0 Å². The van der Waals surface area contributed by atoms with Crippen molar-refractivity contribution >= 4 is 45.2 Å². The van der Waals surface area contributed by atoms with Crippen molar-refractivity contribution in [2.75, 3.05) is 27.4 Å². The Labute approximate surface area is 266 Å². The number of benzene rings is 3. The van der Waals surface area contributed by atoms with E-state index in [2.05, 4.69) is 0 Å². The molecule has 0 bridgehead atoms. The lowest BCUT2D eigenvalue weighted by Gasteiger charge is -2.34. The number of aryl methyl sites for hydroxylation is 1. The number of nitrogens with zero attached hydrogens (tertiary/aromatic N) is 1. The molecule has 0 aliphatic carbocycles. The highest BCUT2D eigenvalue weighted by Gasteiger charge is 2.40. The summed E-state index contributed by atoms with van der Waals surface area (Å²) < 4.78 is 50.7. The lowest BCUT2D eigenvalue weighted by Crippen LogP contribution is -2.48. The normalized spacial score (nSPS) is 16.1. The minimum atomic E-state index is -4.19. The Bertz CT molecular complexity index is 1600. The third-order valence-electron chi connectivity index (χ3n) is 7.22. The monoisotopic (exact) mass is 665 g/mol. The van der Waals surface area contributed by atoms with E-state index in [0.717, 1.165) is 9.87 Å². The second-order valence-electron chi connectivity index (χ2n) is 10.1. The predicted octanol–water partition coefficient (Wildman–Crippen LogP) is 5.93. The van der Waals surface area contributed by atoms with Crippen LogP contribution in [0.2, 0.25) is 10.0 Å². The molecule has 0 saturated carbocycles. The van der Waals surface area contributed by atoms with Gasteiger partial charge in [-0.1, -0.05) is 47.5 Å². The van der Waals surface area contributed by atoms with Crippen LogP contribution in [-0.2, 0) is 30.8 Å². The molecule has 0 spiro atoms. The maximum absolute atomic E-state index is 13.8. The summed E-state index contributed by atoms with van der Waals surface area (Å²) in [5.41, 5.74) is 1.45. The fourth-order valence-electron chi connectivity index (χ4n) is 5.03. The van der Waals surface area contributed by atoms with Gasteiger partial charge in [0.1, 0.15) is 22.8 Å². The first-order valence-corrected chi connectivity index (χ1v) is 16.1. The van der Waals surface area contributed by atoms with Gasteiger partial charge >= 0.3 is 11.9 Å². The molecule has 1 unspecified atom stereocenters. The van der Waals surface area contributed by atoms with Crippen molar-refractivity contribution in [3.8, 4) is 17.2 Å². The van der Waals surface area contributed by atoms with Crippen LogP contribution >= 0.6 is 23.2 Å². The molecular formula is C31H33Cl2NO9S. The zero-order valence-corrected chi connectivity index (χ0v) is 26.5. The van der Waals surface area contributed by atoms with Crippen molar-refractivity contribution in [1.82, 2.24) is 4.31 Å². The molecule has 0 aromatic heterocycles. The van der Waals surface area contributed by atoms with E-state index < -0.39 is 40.7 Å². The molecule has 3 aromatic carbocycles. The Morgan fingerprint density at radius 3 is 2.48 bits per heavy atom. The van der Waals surface area contributed by atoms with Gasteiger partial charge < -0.3 is 24.1 Å². The zero-order valence-electron chi connectivity index (χ0n) is 24.2. The molecule has 3 aromatic rings. The van der Waals surface area contributed by atoms with Gasteiger partial charge in [-0.05, 0) is 79.6 Å². The molecule has 1 fully saturated rings. The lowest BCUT2D eigenvalue weighted by molar-refractivity contribution is -0.155. The fraction of sp³-hybridized carbons (Fsp3) is 0.355. The minimum absolute atomic E-state index is 0.0871. The third kappa shape index (κ3) is 7.95. The van der Waals surface area contributed by atoms with E-state index in [1.165, 1.54) is 25.3 Å². The van der Waals surface area contributed by atoms with Crippen molar-refractivity contribution in [2.24, 2.45) is 0 Å².